The molecule has 0 radical (unpaired) electrons. The Kier molecular flexibility index (Phi) is 8.44. The highest BCUT2D eigenvalue weighted by Gasteiger charge is 2.59. The first kappa shape index (κ1) is 29.2. The maximum atomic E-state index is 13.9. The number of fused-ring (bicyclic) bond motifs is 2. The van der Waals surface area contributed by atoms with Gasteiger partial charge in [0.15, 0.2) is 5.79 Å². The molecule has 220 valence electrons. The van der Waals surface area contributed by atoms with Gasteiger partial charge in [-0.2, -0.15) is 0 Å². The molecule has 0 aromatic rings. The van der Waals surface area contributed by atoms with Crippen molar-refractivity contribution in [1.29, 1.82) is 0 Å². The summed E-state index contributed by atoms with van der Waals surface area (Å²) in [5, 5.41) is 25.3. The number of aliphatic hydroxyl groups is 1. The van der Waals surface area contributed by atoms with Crippen LogP contribution in [0.1, 0.15) is 79.6 Å². The first-order chi connectivity index (χ1) is 19.1. The number of carbonyl (C=O) groups excluding carboxylic acids is 1. The molecule has 4 aliphatic heterocycles. The topological polar surface area (TPSA) is 107 Å². The Bertz CT molecular complexity index is 1140. The van der Waals surface area contributed by atoms with Gasteiger partial charge in [0.05, 0.1) is 18.8 Å². The molecule has 8 nitrogen and oxygen atoms in total. The van der Waals surface area contributed by atoms with Gasteiger partial charge in [0.1, 0.15) is 29.4 Å². The van der Waals surface area contributed by atoms with Crippen LogP contribution >= 0.6 is 0 Å². The van der Waals surface area contributed by atoms with E-state index in [1.807, 2.05) is 12.2 Å². The number of esters is 1. The van der Waals surface area contributed by atoms with Crippen molar-refractivity contribution in [3.05, 3.63) is 47.1 Å². The van der Waals surface area contributed by atoms with Gasteiger partial charge in [0.2, 0.25) is 0 Å². The average molecular weight is 556 g/mol. The lowest BCUT2D eigenvalue weighted by atomic mass is 9.71. The zero-order valence-corrected chi connectivity index (χ0v) is 24.5. The number of allylic oxidation sites excluding steroid dienone is 4. The first-order valence-electron chi connectivity index (χ1n) is 14.9. The van der Waals surface area contributed by atoms with E-state index in [4.69, 9.17) is 18.9 Å². The Morgan fingerprint density at radius 1 is 1.18 bits per heavy atom. The minimum absolute atomic E-state index is 0.0940. The zero-order chi connectivity index (χ0) is 28.7. The largest absolute Gasteiger partial charge is 0.462 e. The van der Waals surface area contributed by atoms with Crippen LogP contribution in [0.3, 0.4) is 0 Å². The molecule has 0 aromatic heterocycles. The molecule has 0 aromatic carbocycles. The summed E-state index contributed by atoms with van der Waals surface area (Å²) < 4.78 is 25.5. The van der Waals surface area contributed by atoms with Crippen LogP contribution < -0.4 is 0 Å². The van der Waals surface area contributed by atoms with Crippen LogP contribution in [0.5, 0.6) is 0 Å². The van der Waals surface area contributed by atoms with Gasteiger partial charge in [-0.05, 0) is 62.5 Å². The maximum absolute atomic E-state index is 13.9. The van der Waals surface area contributed by atoms with Gasteiger partial charge in [-0.25, -0.2) is 0 Å². The average Bonchev–Trinajstić information content (AvgIpc) is 3.24. The molecule has 3 fully saturated rings. The highest BCUT2D eigenvalue weighted by molar-refractivity contribution is 6.06. The second-order valence-electron chi connectivity index (χ2n) is 12.6. The van der Waals surface area contributed by atoms with Gasteiger partial charge < -0.3 is 29.3 Å². The maximum Gasteiger partial charge on any atom is 0.316 e. The van der Waals surface area contributed by atoms with E-state index in [1.54, 1.807) is 13.0 Å². The summed E-state index contributed by atoms with van der Waals surface area (Å²) in [5.41, 5.74) is 0.922. The highest BCUT2D eigenvalue weighted by Crippen LogP contribution is 2.46. The molecule has 0 amide bonds. The molecular formula is C32H45NO7. The van der Waals surface area contributed by atoms with Crippen molar-refractivity contribution in [2.45, 2.75) is 115 Å². The number of nitrogens with zero attached hydrogens (tertiary/aromatic N) is 1. The molecule has 0 saturated carbocycles. The fourth-order valence-corrected chi connectivity index (χ4v) is 7.22. The summed E-state index contributed by atoms with van der Waals surface area (Å²) >= 11 is 0. The number of oxime groups is 1. The lowest BCUT2D eigenvalue weighted by Crippen LogP contribution is -2.57. The highest BCUT2D eigenvalue weighted by atomic mass is 16.7. The van der Waals surface area contributed by atoms with E-state index in [0.29, 0.717) is 29.9 Å². The number of hydrogen-bond donors (Lipinski definition) is 2. The van der Waals surface area contributed by atoms with Crippen molar-refractivity contribution in [3.63, 3.8) is 0 Å². The predicted molar refractivity (Wildman–Crippen MR) is 151 cm³/mol. The summed E-state index contributed by atoms with van der Waals surface area (Å²) in [4.78, 5) is 13.9. The number of ether oxygens (including phenoxy) is 4. The van der Waals surface area contributed by atoms with E-state index in [-0.39, 0.29) is 30.4 Å². The lowest BCUT2D eigenvalue weighted by molar-refractivity contribution is -0.335. The molecule has 9 atom stereocenters. The van der Waals surface area contributed by atoms with Crippen molar-refractivity contribution >= 4 is 11.7 Å². The van der Waals surface area contributed by atoms with Gasteiger partial charge in [0, 0.05) is 19.3 Å². The molecule has 2 bridgehead atoms. The predicted octanol–water partition coefficient (Wildman–Crippen LogP) is 5.39. The van der Waals surface area contributed by atoms with E-state index >= 15 is 0 Å². The van der Waals surface area contributed by atoms with Gasteiger partial charge in [-0.3, -0.25) is 4.79 Å². The van der Waals surface area contributed by atoms with Gasteiger partial charge in [0.25, 0.3) is 0 Å². The van der Waals surface area contributed by atoms with Crippen LogP contribution in [0.4, 0.5) is 0 Å². The van der Waals surface area contributed by atoms with Crippen molar-refractivity contribution in [1.82, 2.24) is 0 Å². The third-order valence-corrected chi connectivity index (χ3v) is 9.45. The summed E-state index contributed by atoms with van der Waals surface area (Å²) in [6, 6.07) is 0. The van der Waals surface area contributed by atoms with Crippen LogP contribution in [-0.4, -0.2) is 64.4 Å². The van der Waals surface area contributed by atoms with Crippen molar-refractivity contribution in [3.8, 4) is 0 Å². The monoisotopic (exact) mass is 555 g/mol. The molecule has 40 heavy (non-hydrogen) atoms. The van der Waals surface area contributed by atoms with E-state index in [1.165, 1.54) is 5.57 Å². The Labute approximate surface area is 237 Å². The van der Waals surface area contributed by atoms with E-state index in [2.05, 4.69) is 45.0 Å². The number of hydrogen-bond acceptors (Lipinski definition) is 8. The molecule has 2 N–H and O–H groups in total. The SMILES string of the molecule is CCC1O[C@]2(CCC1C)CC1CC(CC=C(C)CC(C)C=CC=C3COC4C(=NO)C(C)=CC(C(=O)O1)[C@]34O)O2. The van der Waals surface area contributed by atoms with Crippen LogP contribution in [0.15, 0.2) is 52.3 Å². The molecule has 8 heteroatoms. The Hall–Kier alpha value is -2.26. The molecule has 5 aliphatic rings. The molecule has 7 unspecified atom stereocenters. The van der Waals surface area contributed by atoms with Crippen molar-refractivity contribution < 1.29 is 34.1 Å². The van der Waals surface area contributed by atoms with E-state index < -0.39 is 35.5 Å². The minimum atomic E-state index is -1.72. The van der Waals surface area contributed by atoms with Crippen molar-refractivity contribution in [2.24, 2.45) is 22.9 Å². The van der Waals surface area contributed by atoms with E-state index in [9.17, 15) is 15.1 Å². The lowest BCUT2D eigenvalue weighted by Gasteiger charge is -2.49. The molecule has 3 saturated heterocycles. The quantitative estimate of drug-likeness (QED) is 0.193. The summed E-state index contributed by atoms with van der Waals surface area (Å²) in [7, 11) is 0. The standard InChI is InChI=1S/C32H45NO7/c1-6-27-21(4)12-13-31(40-27)17-25-16-24(39-31)11-10-20(3)14-19(2)8-7-9-23-18-37-29-28(33-36)22(5)15-26(30(34)38-25)32(23,29)35/h7-10,15,19,21,24-27,29,35-36H,6,11-14,16-18H2,1-5H3/t19?,21?,24?,25?,26?,27?,29?,31-,32-/m1/s1. The van der Waals surface area contributed by atoms with Crippen LogP contribution in [-0.2, 0) is 23.7 Å². The molecule has 5 rings (SSSR count). The third kappa shape index (κ3) is 5.48. The Balaban J connectivity index is 1.53. The third-order valence-electron chi connectivity index (χ3n) is 9.45. The molecule has 1 aliphatic carbocycles. The fourth-order valence-electron chi connectivity index (χ4n) is 7.22. The van der Waals surface area contributed by atoms with Crippen LogP contribution in [0.2, 0.25) is 0 Å². The van der Waals surface area contributed by atoms with Crippen LogP contribution in [0, 0.1) is 17.8 Å². The second-order valence-corrected chi connectivity index (χ2v) is 12.6. The normalized spacial score (nSPS) is 43.5. The van der Waals surface area contributed by atoms with Crippen molar-refractivity contribution in [2.75, 3.05) is 6.61 Å². The van der Waals surface area contributed by atoms with E-state index in [0.717, 1.165) is 32.1 Å². The summed E-state index contributed by atoms with van der Waals surface area (Å²) in [6.07, 6.45) is 13.6. The number of carbonyl (C=O) groups is 1. The number of rotatable bonds is 1. The molecule has 1 spiro atoms. The first-order valence-corrected chi connectivity index (χ1v) is 14.9. The fraction of sp³-hybridized carbons (Fsp3) is 0.688. The van der Waals surface area contributed by atoms with Gasteiger partial charge in [-0.1, -0.05) is 61.9 Å². The van der Waals surface area contributed by atoms with Crippen LogP contribution in [0.25, 0.3) is 0 Å². The zero-order valence-electron chi connectivity index (χ0n) is 24.5. The Morgan fingerprint density at radius 3 is 2.73 bits per heavy atom. The summed E-state index contributed by atoms with van der Waals surface area (Å²) in [6.45, 7) is 10.5. The molecule has 4 heterocycles. The second kappa shape index (κ2) is 11.6. The summed E-state index contributed by atoms with van der Waals surface area (Å²) in [5.74, 6) is -1.60. The molecular weight excluding hydrogens is 510 g/mol. The van der Waals surface area contributed by atoms with Gasteiger partial charge >= 0.3 is 5.97 Å². The minimum Gasteiger partial charge on any atom is -0.462 e. The Morgan fingerprint density at radius 2 is 1.98 bits per heavy atom. The van der Waals surface area contributed by atoms with Gasteiger partial charge in [-0.15, -0.1) is 0 Å². The smallest absolute Gasteiger partial charge is 0.316 e.